The molecule has 176 valence electrons. The smallest absolute Gasteiger partial charge is 0.161 e. The molecule has 4 aromatic rings. The molecule has 0 atom stereocenters. The minimum Gasteiger partial charge on any atom is -0.473 e. The number of anilines is 2. The number of ether oxygens (including phenoxy) is 2. The van der Waals surface area contributed by atoms with Gasteiger partial charge in [-0.05, 0) is 91.1 Å². The normalized spacial score (nSPS) is 14.6. The third-order valence-corrected chi connectivity index (χ3v) is 6.87. The lowest BCUT2D eigenvalue weighted by Gasteiger charge is -2.31. The largest absolute Gasteiger partial charge is 0.473 e. The van der Waals surface area contributed by atoms with E-state index in [9.17, 15) is 0 Å². The van der Waals surface area contributed by atoms with Gasteiger partial charge in [-0.2, -0.15) is 0 Å². The van der Waals surface area contributed by atoms with Crippen molar-refractivity contribution in [3.05, 3.63) is 118 Å². The van der Waals surface area contributed by atoms with Gasteiger partial charge in [0.25, 0.3) is 0 Å². The van der Waals surface area contributed by atoms with Crippen LogP contribution in [0.3, 0.4) is 0 Å². The summed E-state index contributed by atoms with van der Waals surface area (Å²) in [4.78, 5) is 4.57. The van der Waals surface area contributed by atoms with Crippen molar-refractivity contribution < 1.29 is 9.47 Å². The summed E-state index contributed by atoms with van der Waals surface area (Å²) >= 11 is 0. The Labute approximate surface area is 207 Å². The standard InChI is InChI=1S/C31H30N2O2/c1-22-5-3-7-28(13-22)32-18-26-16-24(9-11-30(26)34-20-32)15-25-10-12-31-27(17-25)19-33(21-35-31)29-8-4-6-23(2)14-29/h3-14,16-17H,15,18-21H2,1-2H3. The quantitative estimate of drug-likeness (QED) is 0.341. The maximum atomic E-state index is 6.08. The second-order valence-corrected chi connectivity index (χ2v) is 9.68. The summed E-state index contributed by atoms with van der Waals surface area (Å²) in [6.45, 7) is 7.14. The molecule has 35 heavy (non-hydrogen) atoms. The van der Waals surface area contributed by atoms with E-state index >= 15 is 0 Å². The van der Waals surface area contributed by atoms with Gasteiger partial charge in [0.1, 0.15) is 11.5 Å². The number of nitrogens with zero attached hydrogens (tertiary/aromatic N) is 2. The zero-order valence-corrected chi connectivity index (χ0v) is 20.3. The Morgan fingerprint density at radius 1 is 0.600 bits per heavy atom. The first kappa shape index (κ1) is 21.6. The van der Waals surface area contributed by atoms with Gasteiger partial charge in [0.15, 0.2) is 13.5 Å². The van der Waals surface area contributed by atoms with Crippen molar-refractivity contribution in [1.82, 2.24) is 0 Å². The molecule has 0 amide bonds. The highest BCUT2D eigenvalue weighted by atomic mass is 16.5. The predicted octanol–water partition coefficient (Wildman–Crippen LogP) is 6.61. The van der Waals surface area contributed by atoms with Crippen LogP contribution in [-0.2, 0) is 19.5 Å². The third-order valence-electron chi connectivity index (χ3n) is 6.87. The molecule has 0 saturated carbocycles. The SMILES string of the molecule is Cc1cccc(N2COc3ccc(Cc4ccc5c(c4)CN(c4cccc(C)c4)CO5)cc3C2)c1. The zero-order chi connectivity index (χ0) is 23.8. The number of hydrogen-bond acceptors (Lipinski definition) is 4. The van der Waals surface area contributed by atoms with Gasteiger partial charge >= 0.3 is 0 Å². The maximum absolute atomic E-state index is 6.08. The van der Waals surface area contributed by atoms with E-state index < -0.39 is 0 Å². The highest BCUT2D eigenvalue weighted by Gasteiger charge is 2.20. The Hall–Kier alpha value is -3.92. The van der Waals surface area contributed by atoms with Crippen LogP contribution >= 0.6 is 0 Å². The first-order valence-corrected chi connectivity index (χ1v) is 12.2. The number of fused-ring (bicyclic) bond motifs is 2. The van der Waals surface area contributed by atoms with Crippen molar-refractivity contribution in [1.29, 1.82) is 0 Å². The second kappa shape index (κ2) is 9.03. The van der Waals surface area contributed by atoms with E-state index in [0.29, 0.717) is 13.5 Å². The first-order valence-electron chi connectivity index (χ1n) is 12.2. The van der Waals surface area contributed by atoms with E-state index in [1.165, 1.54) is 44.8 Å². The Balaban J connectivity index is 1.20. The highest BCUT2D eigenvalue weighted by molar-refractivity contribution is 5.54. The number of aryl methyl sites for hydroxylation is 2. The van der Waals surface area contributed by atoms with Gasteiger partial charge in [0, 0.05) is 35.6 Å². The number of hydrogen-bond donors (Lipinski definition) is 0. The lowest BCUT2D eigenvalue weighted by Crippen LogP contribution is -2.32. The van der Waals surface area contributed by atoms with Crippen molar-refractivity contribution in [2.24, 2.45) is 0 Å². The second-order valence-electron chi connectivity index (χ2n) is 9.68. The van der Waals surface area contributed by atoms with Gasteiger partial charge in [-0.25, -0.2) is 0 Å². The van der Waals surface area contributed by atoms with E-state index in [1.807, 2.05) is 0 Å². The summed E-state index contributed by atoms with van der Waals surface area (Å²) in [6, 6.07) is 30.4. The lowest BCUT2D eigenvalue weighted by molar-refractivity contribution is 0.289. The Morgan fingerprint density at radius 3 is 1.54 bits per heavy atom. The monoisotopic (exact) mass is 462 g/mol. The maximum Gasteiger partial charge on any atom is 0.161 e. The fourth-order valence-electron chi connectivity index (χ4n) is 5.03. The van der Waals surface area contributed by atoms with E-state index in [1.54, 1.807) is 0 Å². The predicted molar refractivity (Wildman–Crippen MR) is 141 cm³/mol. The molecule has 0 N–H and O–H groups in total. The molecule has 2 heterocycles. The van der Waals surface area contributed by atoms with Gasteiger partial charge in [-0.15, -0.1) is 0 Å². The molecule has 0 radical (unpaired) electrons. The molecule has 0 fully saturated rings. The average molecular weight is 463 g/mol. The lowest BCUT2D eigenvalue weighted by atomic mass is 9.99. The van der Waals surface area contributed by atoms with Crippen LogP contribution in [0.4, 0.5) is 11.4 Å². The molecule has 4 nitrogen and oxygen atoms in total. The molecule has 4 aromatic carbocycles. The van der Waals surface area contributed by atoms with Crippen LogP contribution in [0, 0.1) is 13.8 Å². The van der Waals surface area contributed by atoms with Gasteiger partial charge < -0.3 is 19.3 Å². The fourth-order valence-corrected chi connectivity index (χ4v) is 5.03. The molecule has 6 rings (SSSR count). The van der Waals surface area contributed by atoms with Crippen molar-refractivity contribution in [3.63, 3.8) is 0 Å². The Kier molecular flexibility index (Phi) is 5.57. The van der Waals surface area contributed by atoms with Crippen LogP contribution in [0.5, 0.6) is 11.5 Å². The van der Waals surface area contributed by atoms with E-state index in [-0.39, 0.29) is 0 Å². The fraction of sp³-hybridized carbons (Fsp3) is 0.226. The molecule has 0 unspecified atom stereocenters. The average Bonchev–Trinajstić information content (AvgIpc) is 2.88. The van der Waals surface area contributed by atoms with Crippen molar-refractivity contribution in [2.45, 2.75) is 33.4 Å². The minimum atomic E-state index is 0.581. The van der Waals surface area contributed by atoms with Crippen LogP contribution in [0.2, 0.25) is 0 Å². The van der Waals surface area contributed by atoms with E-state index in [2.05, 4.69) is 109 Å². The molecule has 4 heteroatoms. The Morgan fingerprint density at radius 2 is 1.09 bits per heavy atom. The molecular weight excluding hydrogens is 432 g/mol. The molecule has 2 aliphatic rings. The molecular formula is C31H30N2O2. The van der Waals surface area contributed by atoms with Gasteiger partial charge in [0.2, 0.25) is 0 Å². The van der Waals surface area contributed by atoms with Crippen LogP contribution in [-0.4, -0.2) is 13.5 Å². The summed E-state index contributed by atoms with van der Waals surface area (Å²) in [5, 5.41) is 0. The Bertz CT molecular complexity index is 1280. The molecule has 0 aliphatic carbocycles. The zero-order valence-electron chi connectivity index (χ0n) is 20.3. The molecule has 0 spiro atoms. The van der Waals surface area contributed by atoms with Gasteiger partial charge in [-0.1, -0.05) is 36.4 Å². The van der Waals surface area contributed by atoms with E-state index in [0.717, 1.165) is 31.0 Å². The summed E-state index contributed by atoms with van der Waals surface area (Å²) in [5.74, 6) is 1.98. The van der Waals surface area contributed by atoms with E-state index in [4.69, 9.17) is 9.47 Å². The summed E-state index contributed by atoms with van der Waals surface area (Å²) in [7, 11) is 0. The van der Waals surface area contributed by atoms with Crippen LogP contribution in [0.15, 0.2) is 84.9 Å². The van der Waals surface area contributed by atoms with Gasteiger partial charge in [0.05, 0.1) is 0 Å². The third kappa shape index (κ3) is 4.57. The molecule has 0 saturated heterocycles. The van der Waals surface area contributed by atoms with Crippen molar-refractivity contribution in [2.75, 3.05) is 23.3 Å². The topological polar surface area (TPSA) is 24.9 Å². The minimum absolute atomic E-state index is 0.581. The number of benzene rings is 4. The highest BCUT2D eigenvalue weighted by Crippen LogP contribution is 2.32. The summed E-state index contributed by atoms with van der Waals surface area (Å²) in [6.07, 6.45) is 0.884. The molecule has 0 aromatic heterocycles. The molecule has 0 bridgehead atoms. The van der Waals surface area contributed by atoms with Crippen molar-refractivity contribution >= 4 is 11.4 Å². The summed E-state index contributed by atoms with van der Waals surface area (Å²) < 4.78 is 12.2. The first-order chi connectivity index (χ1) is 17.1. The molecule has 2 aliphatic heterocycles. The van der Waals surface area contributed by atoms with Crippen molar-refractivity contribution in [3.8, 4) is 11.5 Å². The number of rotatable bonds is 4. The summed E-state index contributed by atoms with van der Waals surface area (Å²) in [5.41, 5.74) is 10.0. The van der Waals surface area contributed by atoms with Crippen LogP contribution in [0.25, 0.3) is 0 Å². The van der Waals surface area contributed by atoms with Gasteiger partial charge in [-0.3, -0.25) is 0 Å². The van der Waals surface area contributed by atoms with Crippen LogP contribution < -0.4 is 19.3 Å². The van der Waals surface area contributed by atoms with Crippen LogP contribution in [0.1, 0.15) is 33.4 Å².